The maximum Gasteiger partial charge on any atom is 0.329 e. The van der Waals surface area contributed by atoms with E-state index in [1.807, 2.05) is 0 Å². The standard InChI is InChI=1S/C17H23NO5/c1-12(2)11-23-14-5-3-13(4-6-14)15(19)18-17(16(20)21)7-9-22-10-8-17/h3-6,12H,7-11H2,1-2H3,(H,18,19)(H,20,21). The average Bonchev–Trinajstić information content (AvgIpc) is 2.54. The average molecular weight is 321 g/mol. The Kier molecular flexibility index (Phi) is 5.60. The quantitative estimate of drug-likeness (QED) is 0.838. The predicted molar refractivity (Wildman–Crippen MR) is 84.7 cm³/mol. The number of hydrogen-bond acceptors (Lipinski definition) is 4. The molecule has 0 aromatic heterocycles. The minimum absolute atomic E-state index is 0.268. The fourth-order valence-corrected chi connectivity index (χ4v) is 2.37. The normalized spacial score (nSPS) is 16.8. The molecule has 0 aliphatic carbocycles. The van der Waals surface area contributed by atoms with Gasteiger partial charge in [0.25, 0.3) is 5.91 Å². The van der Waals surface area contributed by atoms with Crippen molar-refractivity contribution in [1.82, 2.24) is 5.32 Å². The summed E-state index contributed by atoms with van der Waals surface area (Å²) >= 11 is 0. The number of nitrogens with one attached hydrogen (secondary N) is 1. The first-order valence-electron chi connectivity index (χ1n) is 7.79. The molecule has 2 N–H and O–H groups in total. The van der Waals surface area contributed by atoms with E-state index in [-0.39, 0.29) is 12.8 Å². The fourth-order valence-electron chi connectivity index (χ4n) is 2.37. The van der Waals surface area contributed by atoms with Crippen molar-refractivity contribution in [2.24, 2.45) is 5.92 Å². The molecule has 0 saturated carbocycles. The van der Waals surface area contributed by atoms with Crippen molar-refractivity contribution in [2.45, 2.75) is 32.2 Å². The molecular weight excluding hydrogens is 298 g/mol. The molecule has 0 atom stereocenters. The lowest BCUT2D eigenvalue weighted by molar-refractivity contribution is -0.148. The van der Waals surface area contributed by atoms with Crippen LogP contribution in [0.3, 0.4) is 0 Å². The molecule has 1 saturated heterocycles. The van der Waals surface area contributed by atoms with E-state index in [1.54, 1.807) is 24.3 Å². The molecule has 0 spiro atoms. The Hall–Kier alpha value is -2.08. The van der Waals surface area contributed by atoms with Crippen LogP contribution in [0, 0.1) is 5.92 Å². The molecule has 1 heterocycles. The van der Waals surface area contributed by atoms with Crippen LogP contribution in [0.1, 0.15) is 37.0 Å². The zero-order chi connectivity index (χ0) is 16.9. The van der Waals surface area contributed by atoms with Crippen LogP contribution >= 0.6 is 0 Å². The Labute approximate surface area is 135 Å². The summed E-state index contributed by atoms with van der Waals surface area (Å²) in [5.74, 6) is -0.313. The van der Waals surface area contributed by atoms with E-state index in [0.717, 1.165) is 0 Å². The molecule has 1 aromatic rings. The maximum absolute atomic E-state index is 12.3. The van der Waals surface area contributed by atoms with E-state index in [1.165, 1.54) is 0 Å². The minimum Gasteiger partial charge on any atom is -0.493 e. The summed E-state index contributed by atoms with van der Waals surface area (Å²) in [6.07, 6.45) is 0.535. The summed E-state index contributed by atoms with van der Waals surface area (Å²) in [7, 11) is 0. The number of hydrogen-bond donors (Lipinski definition) is 2. The first-order valence-corrected chi connectivity index (χ1v) is 7.79. The van der Waals surface area contributed by atoms with Crippen LogP contribution in [0.4, 0.5) is 0 Å². The summed E-state index contributed by atoms with van der Waals surface area (Å²) in [6, 6.07) is 6.71. The Morgan fingerprint density at radius 3 is 2.39 bits per heavy atom. The van der Waals surface area contributed by atoms with Crippen LogP contribution in [-0.4, -0.2) is 42.3 Å². The zero-order valence-electron chi connectivity index (χ0n) is 13.5. The van der Waals surface area contributed by atoms with Crippen molar-refractivity contribution in [3.63, 3.8) is 0 Å². The van der Waals surface area contributed by atoms with Gasteiger partial charge in [-0.05, 0) is 30.2 Å². The highest BCUT2D eigenvalue weighted by Gasteiger charge is 2.41. The lowest BCUT2D eigenvalue weighted by Gasteiger charge is -2.33. The summed E-state index contributed by atoms with van der Waals surface area (Å²) in [6.45, 7) is 5.37. The number of carbonyl (C=O) groups excluding carboxylic acids is 1. The van der Waals surface area contributed by atoms with Gasteiger partial charge < -0.3 is 19.9 Å². The van der Waals surface area contributed by atoms with Crippen molar-refractivity contribution in [3.05, 3.63) is 29.8 Å². The number of rotatable bonds is 6. The Morgan fingerprint density at radius 1 is 1.26 bits per heavy atom. The van der Waals surface area contributed by atoms with Gasteiger partial charge in [-0.1, -0.05) is 13.8 Å². The third-order valence-corrected chi connectivity index (χ3v) is 3.81. The number of carboxylic acids is 1. The van der Waals surface area contributed by atoms with Gasteiger partial charge in [0.05, 0.1) is 6.61 Å². The Morgan fingerprint density at radius 2 is 1.87 bits per heavy atom. The second-order valence-corrected chi connectivity index (χ2v) is 6.18. The van der Waals surface area contributed by atoms with Crippen molar-refractivity contribution >= 4 is 11.9 Å². The first-order chi connectivity index (χ1) is 10.9. The zero-order valence-corrected chi connectivity index (χ0v) is 13.5. The molecule has 0 bridgehead atoms. The molecule has 1 aliphatic heterocycles. The largest absolute Gasteiger partial charge is 0.493 e. The molecular formula is C17H23NO5. The first kappa shape index (κ1) is 17.3. The fraction of sp³-hybridized carbons (Fsp3) is 0.529. The maximum atomic E-state index is 12.3. The van der Waals surface area contributed by atoms with E-state index in [2.05, 4.69) is 19.2 Å². The molecule has 1 fully saturated rings. The molecule has 0 unspecified atom stereocenters. The topological polar surface area (TPSA) is 84.9 Å². The number of amides is 1. The lowest BCUT2D eigenvalue weighted by atomic mass is 9.89. The summed E-state index contributed by atoms with van der Waals surface area (Å²) in [4.78, 5) is 23.9. The van der Waals surface area contributed by atoms with Crippen LogP contribution in [0.15, 0.2) is 24.3 Å². The molecule has 2 rings (SSSR count). The van der Waals surface area contributed by atoms with Gasteiger partial charge in [-0.15, -0.1) is 0 Å². The smallest absolute Gasteiger partial charge is 0.329 e. The van der Waals surface area contributed by atoms with E-state index in [4.69, 9.17) is 9.47 Å². The van der Waals surface area contributed by atoms with E-state index in [9.17, 15) is 14.7 Å². The van der Waals surface area contributed by atoms with Crippen molar-refractivity contribution in [1.29, 1.82) is 0 Å². The van der Waals surface area contributed by atoms with Crippen molar-refractivity contribution in [3.8, 4) is 5.75 Å². The number of carboxylic acid groups (broad SMARTS) is 1. The van der Waals surface area contributed by atoms with Gasteiger partial charge in [-0.2, -0.15) is 0 Å². The molecule has 126 valence electrons. The Balaban J connectivity index is 2.03. The van der Waals surface area contributed by atoms with Crippen LogP contribution in [0.25, 0.3) is 0 Å². The highest BCUT2D eigenvalue weighted by atomic mass is 16.5. The van der Waals surface area contributed by atoms with Crippen LogP contribution in [0.5, 0.6) is 5.75 Å². The minimum atomic E-state index is -1.25. The van der Waals surface area contributed by atoms with Gasteiger partial charge in [0.2, 0.25) is 0 Å². The number of ether oxygens (including phenoxy) is 2. The second-order valence-electron chi connectivity index (χ2n) is 6.18. The van der Waals surface area contributed by atoms with Gasteiger partial charge in [0.1, 0.15) is 11.3 Å². The Bertz CT molecular complexity index is 547. The monoisotopic (exact) mass is 321 g/mol. The van der Waals surface area contributed by atoms with Crippen LogP contribution in [0.2, 0.25) is 0 Å². The van der Waals surface area contributed by atoms with E-state index in [0.29, 0.717) is 37.1 Å². The molecule has 6 nitrogen and oxygen atoms in total. The molecule has 23 heavy (non-hydrogen) atoms. The van der Waals surface area contributed by atoms with E-state index >= 15 is 0 Å². The molecule has 1 aliphatic rings. The van der Waals surface area contributed by atoms with Gasteiger partial charge in [-0.3, -0.25) is 4.79 Å². The van der Waals surface area contributed by atoms with Gasteiger partial charge in [0, 0.05) is 31.6 Å². The van der Waals surface area contributed by atoms with Crippen molar-refractivity contribution in [2.75, 3.05) is 19.8 Å². The van der Waals surface area contributed by atoms with Crippen LogP contribution in [-0.2, 0) is 9.53 Å². The van der Waals surface area contributed by atoms with Gasteiger partial charge in [0.15, 0.2) is 0 Å². The summed E-state index contributed by atoms with van der Waals surface area (Å²) in [5, 5.41) is 12.1. The molecule has 1 aromatic carbocycles. The highest BCUT2D eigenvalue weighted by Crippen LogP contribution is 2.22. The lowest BCUT2D eigenvalue weighted by Crippen LogP contribution is -2.57. The van der Waals surface area contributed by atoms with Crippen molar-refractivity contribution < 1.29 is 24.2 Å². The van der Waals surface area contributed by atoms with Gasteiger partial charge in [-0.25, -0.2) is 4.79 Å². The molecule has 6 heteroatoms. The molecule has 1 amide bonds. The van der Waals surface area contributed by atoms with E-state index < -0.39 is 17.4 Å². The third kappa shape index (κ3) is 4.45. The van der Waals surface area contributed by atoms with Gasteiger partial charge >= 0.3 is 5.97 Å². The number of aliphatic carboxylic acids is 1. The predicted octanol–water partition coefficient (Wildman–Crippen LogP) is 2.08. The molecule has 0 radical (unpaired) electrons. The summed E-state index contributed by atoms with van der Waals surface area (Å²) in [5.41, 5.74) is -0.837. The van der Waals surface area contributed by atoms with Crippen LogP contribution < -0.4 is 10.1 Å². The second kappa shape index (κ2) is 7.46. The third-order valence-electron chi connectivity index (χ3n) is 3.81. The number of carbonyl (C=O) groups is 2. The summed E-state index contributed by atoms with van der Waals surface area (Å²) < 4.78 is 10.8. The SMILES string of the molecule is CC(C)COc1ccc(C(=O)NC2(C(=O)O)CCOCC2)cc1. The highest BCUT2D eigenvalue weighted by molar-refractivity contribution is 5.98. The number of benzene rings is 1.